The average Bonchev–Trinajstić information content (AvgIpc) is 2.20. The predicted octanol–water partition coefficient (Wildman–Crippen LogP) is 3.58. The van der Waals surface area contributed by atoms with Crippen molar-refractivity contribution in [3.05, 3.63) is 48.0 Å². The minimum absolute atomic E-state index is 0.342. The predicted molar refractivity (Wildman–Crippen MR) is 60.3 cm³/mol. The van der Waals surface area contributed by atoms with Gasteiger partial charge in [-0.05, 0) is 23.9 Å². The summed E-state index contributed by atoms with van der Waals surface area (Å²) >= 11 is 0. The van der Waals surface area contributed by atoms with E-state index in [1.54, 1.807) is 6.07 Å². The number of hydrogen-bond donors (Lipinski definition) is 1. The van der Waals surface area contributed by atoms with Crippen molar-refractivity contribution in [3.63, 3.8) is 0 Å². The molecule has 0 saturated heterocycles. The molecule has 0 aliphatic carbocycles. The van der Waals surface area contributed by atoms with Crippen molar-refractivity contribution in [3.8, 4) is 5.75 Å². The average molecular weight is 184 g/mol. The largest absolute Gasteiger partial charge is 0.507 e. The Morgan fingerprint density at radius 1 is 1.00 bits per heavy atom. The van der Waals surface area contributed by atoms with Gasteiger partial charge in [0.25, 0.3) is 0 Å². The van der Waals surface area contributed by atoms with Crippen molar-refractivity contribution in [2.75, 3.05) is 0 Å². The molecule has 0 atom stereocenters. The fourth-order valence-corrected chi connectivity index (χ4v) is 1.64. The highest BCUT2D eigenvalue weighted by Gasteiger charge is 2.00. The second kappa shape index (κ2) is 3.54. The summed E-state index contributed by atoms with van der Waals surface area (Å²) in [6.45, 7) is 1.99. The zero-order chi connectivity index (χ0) is 9.97. The third-order valence-corrected chi connectivity index (χ3v) is 2.28. The van der Waals surface area contributed by atoms with Crippen LogP contribution in [0.3, 0.4) is 0 Å². The first kappa shape index (κ1) is 8.82. The Hall–Kier alpha value is -1.76. The van der Waals surface area contributed by atoms with E-state index in [1.807, 2.05) is 49.4 Å². The fraction of sp³-hybridized carbons (Fsp3) is 0.0769. The normalized spacial score (nSPS) is 11.2. The van der Waals surface area contributed by atoms with Gasteiger partial charge in [-0.2, -0.15) is 0 Å². The minimum atomic E-state index is 0.342. The molecule has 0 spiro atoms. The van der Waals surface area contributed by atoms with Crippen LogP contribution in [-0.2, 0) is 0 Å². The molecule has 0 aliphatic heterocycles. The van der Waals surface area contributed by atoms with Gasteiger partial charge in [0.2, 0.25) is 0 Å². The van der Waals surface area contributed by atoms with E-state index in [1.165, 1.54) is 0 Å². The van der Waals surface area contributed by atoms with Crippen LogP contribution in [0.25, 0.3) is 16.8 Å². The van der Waals surface area contributed by atoms with Crippen molar-refractivity contribution >= 4 is 16.8 Å². The molecule has 0 aromatic heterocycles. The molecule has 70 valence electrons. The lowest BCUT2D eigenvalue weighted by atomic mass is 10.0. The van der Waals surface area contributed by atoms with Gasteiger partial charge in [0.15, 0.2) is 0 Å². The van der Waals surface area contributed by atoms with E-state index in [-0.39, 0.29) is 0 Å². The maximum Gasteiger partial charge on any atom is 0.123 e. The Balaban J connectivity index is 2.81. The van der Waals surface area contributed by atoms with Crippen LogP contribution in [-0.4, -0.2) is 5.11 Å². The van der Waals surface area contributed by atoms with Gasteiger partial charge in [-0.25, -0.2) is 0 Å². The quantitative estimate of drug-likeness (QED) is 0.718. The molecule has 0 bridgehead atoms. The van der Waals surface area contributed by atoms with E-state index in [0.717, 1.165) is 16.3 Å². The summed E-state index contributed by atoms with van der Waals surface area (Å²) in [5.74, 6) is 0.342. The number of fused-ring (bicyclic) bond motifs is 1. The van der Waals surface area contributed by atoms with Gasteiger partial charge in [0.1, 0.15) is 5.75 Å². The molecule has 0 fully saturated rings. The first-order valence-corrected chi connectivity index (χ1v) is 4.66. The molecule has 2 aromatic carbocycles. The maximum atomic E-state index is 9.64. The van der Waals surface area contributed by atoms with Crippen molar-refractivity contribution in [1.29, 1.82) is 0 Å². The Morgan fingerprint density at radius 3 is 2.50 bits per heavy atom. The third kappa shape index (κ3) is 1.37. The first-order valence-electron chi connectivity index (χ1n) is 4.66. The number of aromatic hydroxyl groups is 1. The summed E-state index contributed by atoms with van der Waals surface area (Å²) in [5.41, 5.74) is 1.14. The molecule has 0 amide bonds. The van der Waals surface area contributed by atoms with Crippen LogP contribution in [0.1, 0.15) is 12.5 Å². The lowest BCUT2D eigenvalue weighted by Crippen LogP contribution is -1.78. The number of phenols is 1. The smallest absolute Gasteiger partial charge is 0.123 e. The number of hydrogen-bond acceptors (Lipinski definition) is 1. The SMILES string of the molecule is CC=Cc1cccc2c(O)cccc12. The molecule has 1 heteroatoms. The van der Waals surface area contributed by atoms with Crippen molar-refractivity contribution in [2.45, 2.75) is 6.92 Å². The lowest BCUT2D eigenvalue weighted by Gasteiger charge is -2.03. The van der Waals surface area contributed by atoms with Crippen LogP contribution in [0.2, 0.25) is 0 Å². The lowest BCUT2D eigenvalue weighted by molar-refractivity contribution is 0.481. The summed E-state index contributed by atoms with van der Waals surface area (Å²) in [7, 11) is 0. The highest BCUT2D eigenvalue weighted by Crippen LogP contribution is 2.27. The molecule has 0 radical (unpaired) electrons. The van der Waals surface area contributed by atoms with Crippen LogP contribution >= 0.6 is 0 Å². The maximum absolute atomic E-state index is 9.64. The monoisotopic (exact) mass is 184 g/mol. The molecule has 2 aromatic rings. The molecular weight excluding hydrogens is 172 g/mol. The summed E-state index contributed by atoms with van der Waals surface area (Å²) in [6.07, 6.45) is 4.04. The molecule has 0 saturated carbocycles. The topological polar surface area (TPSA) is 20.2 Å². The van der Waals surface area contributed by atoms with Crippen LogP contribution in [0.15, 0.2) is 42.5 Å². The Labute approximate surface area is 83.3 Å². The van der Waals surface area contributed by atoms with Gasteiger partial charge in [0, 0.05) is 5.39 Å². The highest BCUT2D eigenvalue weighted by atomic mass is 16.3. The summed E-state index contributed by atoms with van der Waals surface area (Å²) in [5, 5.41) is 11.6. The van der Waals surface area contributed by atoms with E-state index in [9.17, 15) is 5.11 Å². The fourth-order valence-electron chi connectivity index (χ4n) is 1.64. The van der Waals surface area contributed by atoms with Gasteiger partial charge in [0.05, 0.1) is 0 Å². The van der Waals surface area contributed by atoms with Gasteiger partial charge in [-0.3, -0.25) is 0 Å². The molecular formula is C13H12O. The number of benzene rings is 2. The van der Waals surface area contributed by atoms with E-state index in [2.05, 4.69) is 0 Å². The Morgan fingerprint density at radius 2 is 1.71 bits per heavy atom. The number of allylic oxidation sites excluding steroid dienone is 1. The van der Waals surface area contributed by atoms with Crippen LogP contribution in [0, 0.1) is 0 Å². The van der Waals surface area contributed by atoms with Crippen molar-refractivity contribution < 1.29 is 5.11 Å². The highest BCUT2D eigenvalue weighted by molar-refractivity contribution is 5.94. The van der Waals surface area contributed by atoms with Crippen LogP contribution in [0.4, 0.5) is 0 Å². The van der Waals surface area contributed by atoms with E-state index in [0.29, 0.717) is 5.75 Å². The van der Waals surface area contributed by atoms with Crippen LogP contribution in [0.5, 0.6) is 5.75 Å². The molecule has 14 heavy (non-hydrogen) atoms. The molecule has 2 rings (SSSR count). The third-order valence-electron chi connectivity index (χ3n) is 2.28. The number of rotatable bonds is 1. The zero-order valence-electron chi connectivity index (χ0n) is 8.07. The molecule has 1 nitrogen and oxygen atoms in total. The second-order valence-corrected chi connectivity index (χ2v) is 3.22. The molecule has 1 N–H and O–H groups in total. The first-order chi connectivity index (χ1) is 6.83. The Kier molecular flexibility index (Phi) is 2.23. The summed E-state index contributed by atoms with van der Waals surface area (Å²) in [6, 6.07) is 11.5. The minimum Gasteiger partial charge on any atom is -0.507 e. The van der Waals surface area contributed by atoms with Crippen molar-refractivity contribution in [1.82, 2.24) is 0 Å². The van der Waals surface area contributed by atoms with Gasteiger partial charge >= 0.3 is 0 Å². The van der Waals surface area contributed by atoms with Crippen LogP contribution < -0.4 is 0 Å². The number of phenolic OH excluding ortho intramolecular Hbond substituents is 1. The summed E-state index contributed by atoms with van der Waals surface area (Å²) in [4.78, 5) is 0. The van der Waals surface area contributed by atoms with E-state index >= 15 is 0 Å². The Bertz CT molecular complexity index is 484. The van der Waals surface area contributed by atoms with Gasteiger partial charge in [-0.15, -0.1) is 0 Å². The standard InChI is InChI=1S/C13H12O/c1-2-5-10-6-3-8-12-11(10)7-4-9-13(12)14/h2-9,14H,1H3. The molecule has 0 unspecified atom stereocenters. The van der Waals surface area contributed by atoms with E-state index in [4.69, 9.17) is 0 Å². The molecule has 0 aliphatic rings. The summed E-state index contributed by atoms with van der Waals surface area (Å²) < 4.78 is 0. The zero-order valence-corrected chi connectivity index (χ0v) is 8.07. The van der Waals surface area contributed by atoms with Gasteiger partial charge in [-0.1, -0.05) is 42.5 Å². The van der Waals surface area contributed by atoms with Crippen molar-refractivity contribution in [2.24, 2.45) is 0 Å². The second-order valence-electron chi connectivity index (χ2n) is 3.22. The van der Waals surface area contributed by atoms with Gasteiger partial charge < -0.3 is 5.11 Å². The molecule has 0 heterocycles. The van der Waals surface area contributed by atoms with E-state index < -0.39 is 0 Å².